The molecule has 372 valence electrons. The summed E-state index contributed by atoms with van der Waals surface area (Å²) in [5, 5.41) is 0. The van der Waals surface area contributed by atoms with E-state index in [2.05, 4.69) is 237 Å². The van der Waals surface area contributed by atoms with Crippen molar-refractivity contribution in [2.75, 3.05) is 0 Å². The van der Waals surface area contributed by atoms with E-state index in [9.17, 15) is 0 Å². The molecule has 0 heterocycles. The number of benzene rings is 6. The molecule has 0 bridgehead atoms. The topological polar surface area (TPSA) is 0 Å². The average molecular weight is 1220 g/mol. The Balaban J connectivity index is 0.00000562. The quantitative estimate of drug-likeness (QED) is 0.0848. The van der Waals surface area contributed by atoms with Crippen LogP contribution in [0.1, 0.15) is 264 Å². The van der Waals surface area contributed by atoms with Crippen LogP contribution in [-0.2, 0) is 0 Å². The molecule has 0 aliphatic heterocycles. The van der Waals surface area contributed by atoms with E-state index in [0.717, 1.165) is 0 Å². The molecule has 4 radical (unpaired) electrons. The zero-order valence-electron chi connectivity index (χ0n) is 49.9. The largest absolute Gasteiger partial charge is 0 e. The molecule has 4 heteroatoms. The van der Waals surface area contributed by atoms with Gasteiger partial charge in [-0.3, -0.25) is 0 Å². The van der Waals surface area contributed by atoms with E-state index in [4.69, 9.17) is 0 Å². The Hall–Kier alpha value is 0.190. The monoisotopic (exact) mass is 1220 g/mol. The van der Waals surface area contributed by atoms with E-state index in [1.165, 1.54) is 111 Å². The van der Waals surface area contributed by atoms with E-state index in [1.807, 2.05) is 0 Å². The van der Waals surface area contributed by atoms with Gasteiger partial charge in [0.2, 0.25) is 0 Å². The predicted molar refractivity (Wildman–Crippen MR) is 327 cm³/mol. The SMILES string of the molecule is Cc1cc(C(C)C)cc(C(C)C)c1-c1cccc(-c2c(C(C)C)cc(C(C)C)cc2C(C)C)[c]1[Sn]=[Sn][c]1c(-c2c(C)cc(C(C)C)cc2C(C)C)cccc1-c1c(C(C)C)cc(C(C)C)cc1C(C)C.[K].[K]. The van der Waals surface area contributed by atoms with Crippen LogP contribution in [0.2, 0.25) is 0 Å². The number of rotatable bonds is 16. The summed E-state index contributed by atoms with van der Waals surface area (Å²) in [6.07, 6.45) is 0. The van der Waals surface area contributed by atoms with Gasteiger partial charge in [-0.1, -0.05) is 0 Å². The molecule has 0 saturated heterocycles. The van der Waals surface area contributed by atoms with Crippen molar-refractivity contribution in [3.8, 4) is 44.5 Å². The van der Waals surface area contributed by atoms with Crippen molar-refractivity contribution in [3.63, 3.8) is 0 Å². The summed E-state index contributed by atoms with van der Waals surface area (Å²) < 4.78 is 3.45. The third-order valence-electron chi connectivity index (χ3n) is 15.1. The number of hydrogen-bond acceptors (Lipinski definition) is 0. The van der Waals surface area contributed by atoms with Crippen molar-refractivity contribution in [1.82, 2.24) is 0 Å². The first-order valence-electron chi connectivity index (χ1n) is 27.3. The molecule has 0 unspecified atom stereocenters. The van der Waals surface area contributed by atoms with Crippen molar-refractivity contribution in [2.45, 2.75) is 212 Å². The molecule has 0 amide bonds. The molecule has 0 nitrogen and oxygen atoms in total. The van der Waals surface area contributed by atoms with Gasteiger partial charge in [0.05, 0.1) is 0 Å². The minimum atomic E-state index is -1.31. The Morgan fingerprint density at radius 1 is 0.264 bits per heavy atom. The molecule has 72 heavy (non-hydrogen) atoms. The Morgan fingerprint density at radius 3 is 0.667 bits per heavy atom. The van der Waals surface area contributed by atoms with Gasteiger partial charge >= 0.3 is 448 Å². The standard InChI is InChI=1S/2C34H45.2K.2Sn/c2*1-20(2)28-15-25(11)33(30(17-28)22(5)6)26-13-12-14-27(16-26)34-31(23(7)8)18-29(21(3)4)19-32(34)24(9)10;;;;/h2*12-15,17-24H,1-11H3;;;;. The fraction of sp³-hybridized carbons (Fsp3) is 0.471. The number of hydrogen-bond donors (Lipinski definition) is 0. The van der Waals surface area contributed by atoms with Gasteiger partial charge in [-0.2, -0.15) is 0 Å². The van der Waals surface area contributed by atoms with E-state index in [-0.39, 0.29) is 103 Å². The molecule has 0 N–H and O–H groups in total. The van der Waals surface area contributed by atoms with Crippen LogP contribution in [0.3, 0.4) is 0 Å². The molecule has 0 aliphatic carbocycles. The van der Waals surface area contributed by atoms with Crippen molar-refractivity contribution >= 4 is 143 Å². The fourth-order valence-corrected chi connectivity index (χ4v) is 30.6. The third-order valence-corrected chi connectivity index (χ3v) is 32.0. The minimum absolute atomic E-state index is 0. The smallest absolute Gasteiger partial charge is 0 e. The summed E-state index contributed by atoms with van der Waals surface area (Å²) in [6, 6.07) is 35.6. The maximum Gasteiger partial charge on any atom is 0 e. The summed E-state index contributed by atoms with van der Waals surface area (Å²) in [5.41, 5.74) is 29.9. The average Bonchev–Trinajstić information content (AvgIpc) is 3.28. The van der Waals surface area contributed by atoms with Crippen LogP contribution in [0.4, 0.5) is 0 Å². The molecular weight excluding hydrogens is 1130 g/mol. The van der Waals surface area contributed by atoms with Gasteiger partial charge in [0.15, 0.2) is 0 Å². The first-order valence-corrected chi connectivity index (χ1v) is 41.1. The van der Waals surface area contributed by atoms with Gasteiger partial charge in [0, 0.05) is 103 Å². The van der Waals surface area contributed by atoms with E-state index in [1.54, 1.807) is 7.16 Å². The predicted octanol–water partition coefficient (Wildman–Crippen LogP) is 18.7. The molecule has 6 aromatic rings. The maximum absolute atomic E-state index is 2.59. The first-order chi connectivity index (χ1) is 32.8. The van der Waals surface area contributed by atoms with Gasteiger partial charge in [-0.05, 0) is 0 Å². The molecule has 6 aromatic carbocycles. The van der Waals surface area contributed by atoms with Crippen molar-refractivity contribution in [1.29, 1.82) is 0 Å². The van der Waals surface area contributed by atoms with Crippen LogP contribution in [0.5, 0.6) is 0 Å². The minimum Gasteiger partial charge on any atom is 0 e. The number of aryl methyl sites for hydroxylation is 2. The van der Waals surface area contributed by atoms with Crippen LogP contribution in [0, 0.1) is 13.8 Å². The molecule has 0 saturated carbocycles. The van der Waals surface area contributed by atoms with Crippen LogP contribution < -0.4 is 7.16 Å². The molecule has 0 spiro atoms. The molecule has 0 fully saturated rings. The summed E-state index contributed by atoms with van der Waals surface area (Å²) in [4.78, 5) is 0. The normalized spacial score (nSPS) is 12.2. The molecular formula is C68H90K2Sn2. The third kappa shape index (κ3) is 14.3. The van der Waals surface area contributed by atoms with Crippen molar-refractivity contribution in [3.05, 3.63) is 152 Å². The van der Waals surface area contributed by atoms with Crippen LogP contribution in [0.15, 0.2) is 84.9 Å². The summed E-state index contributed by atoms with van der Waals surface area (Å²) in [5.74, 6) is 4.35. The van der Waals surface area contributed by atoms with Gasteiger partial charge in [-0.15, -0.1) is 0 Å². The van der Waals surface area contributed by atoms with E-state index in [0.29, 0.717) is 59.2 Å². The first kappa shape index (κ1) is 64.7. The Bertz CT molecular complexity index is 2610. The van der Waals surface area contributed by atoms with Gasteiger partial charge in [0.25, 0.3) is 0 Å². The zero-order chi connectivity index (χ0) is 51.8. The molecule has 6 rings (SSSR count). The second-order valence-electron chi connectivity index (χ2n) is 24.0. The Labute approximate surface area is 542 Å². The van der Waals surface area contributed by atoms with Crippen LogP contribution in [-0.4, -0.2) is 136 Å². The Morgan fingerprint density at radius 2 is 0.458 bits per heavy atom. The molecule has 0 aromatic heterocycles. The fourth-order valence-electron chi connectivity index (χ4n) is 10.9. The van der Waals surface area contributed by atoms with Gasteiger partial charge in [0.1, 0.15) is 0 Å². The second kappa shape index (κ2) is 27.9. The molecule has 0 atom stereocenters. The van der Waals surface area contributed by atoms with E-state index < -0.39 is 33.1 Å². The van der Waals surface area contributed by atoms with Crippen LogP contribution >= 0.6 is 0 Å². The Kier molecular flexibility index (Phi) is 25.0. The summed E-state index contributed by atoms with van der Waals surface area (Å²) >= 11 is -2.63. The van der Waals surface area contributed by atoms with E-state index >= 15 is 0 Å². The zero-order valence-corrected chi connectivity index (χ0v) is 61.8. The van der Waals surface area contributed by atoms with Crippen molar-refractivity contribution in [2.24, 2.45) is 0 Å². The van der Waals surface area contributed by atoms with Gasteiger partial charge in [-0.25, -0.2) is 0 Å². The maximum atomic E-state index is 2.59. The second-order valence-corrected chi connectivity index (χ2v) is 37.9. The summed E-state index contributed by atoms with van der Waals surface area (Å²) in [7, 11) is 0. The van der Waals surface area contributed by atoms with Gasteiger partial charge < -0.3 is 0 Å². The summed E-state index contributed by atoms with van der Waals surface area (Å²) in [6.45, 7) is 52.9. The van der Waals surface area contributed by atoms with Crippen LogP contribution in [0.25, 0.3) is 44.5 Å². The molecule has 0 aliphatic rings. The van der Waals surface area contributed by atoms with Crippen molar-refractivity contribution < 1.29 is 0 Å².